The Morgan fingerprint density at radius 3 is 2.31 bits per heavy atom. The Hall–Kier alpha value is -0.840. The monoisotopic (exact) mass is 246 g/mol. The molecule has 0 unspecified atom stereocenters. The number of aromatic carboxylic acids is 1. The van der Waals surface area contributed by atoms with Crippen LogP contribution in [-0.4, -0.2) is 21.3 Å². The lowest BCUT2D eigenvalue weighted by molar-refractivity contribution is 0.0689. The molecule has 5 heteroatoms. The lowest BCUT2D eigenvalue weighted by atomic mass is 9.92. The van der Waals surface area contributed by atoms with E-state index in [2.05, 4.69) is 26.1 Å². The third-order valence-electron chi connectivity index (χ3n) is 1.66. The molecule has 4 nitrogen and oxygen atoms in total. The van der Waals surface area contributed by atoms with E-state index in [1.807, 2.05) is 20.8 Å². The summed E-state index contributed by atoms with van der Waals surface area (Å²) < 4.78 is 0.535. The van der Waals surface area contributed by atoms with Crippen molar-refractivity contribution in [3.05, 3.63) is 15.9 Å². The minimum absolute atomic E-state index is 0.0323. The highest BCUT2D eigenvalue weighted by Gasteiger charge is 2.24. The number of nitrogens with one attached hydrogen (secondary N) is 1. The van der Waals surface area contributed by atoms with E-state index in [1.54, 1.807) is 0 Å². The highest BCUT2D eigenvalue weighted by Crippen LogP contribution is 2.29. The fourth-order valence-corrected chi connectivity index (χ4v) is 1.91. The Morgan fingerprint density at radius 2 is 2.08 bits per heavy atom. The Morgan fingerprint density at radius 1 is 1.54 bits per heavy atom. The van der Waals surface area contributed by atoms with Gasteiger partial charge >= 0.3 is 5.97 Å². The first kappa shape index (κ1) is 10.2. The van der Waals surface area contributed by atoms with Crippen LogP contribution in [0.2, 0.25) is 0 Å². The Kier molecular flexibility index (Phi) is 2.47. The van der Waals surface area contributed by atoms with E-state index in [0.29, 0.717) is 4.47 Å². The van der Waals surface area contributed by atoms with E-state index in [-0.39, 0.29) is 11.1 Å². The van der Waals surface area contributed by atoms with E-state index in [9.17, 15) is 4.79 Å². The van der Waals surface area contributed by atoms with Crippen molar-refractivity contribution in [3.8, 4) is 0 Å². The topological polar surface area (TPSA) is 66.0 Å². The van der Waals surface area contributed by atoms with Gasteiger partial charge in [-0.2, -0.15) is 5.10 Å². The number of nitrogens with zero attached hydrogens (tertiary/aromatic N) is 1. The Labute approximate surface area is 84.5 Å². The number of carboxylic acid groups (broad SMARTS) is 1. The molecule has 0 radical (unpaired) electrons. The van der Waals surface area contributed by atoms with E-state index in [0.717, 1.165) is 5.69 Å². The van der Waals surface area contributed by atoms with Crippen molar-refractivity contribution in [2.45, 2.75) is 26.2 Å². The van der Waals surface area contributed by atoms with Gasteiger partial charge in [0.15, 0.2) is 5.69 Å². The molecule has 1 rings (SSSR count). The summed E-state index contributed by atoms with van der Waals surface area (Å²) in [5.74, 6) is -1.03. The van der Waals surface area contributed by atoms with Crippen LogP contribution in [0.1, 0.15) is 37.0 Å². The van der Waals surface area contributed by atoms with Gasteiger partial charge in [-0.25, -0.2) is 4.79 Å². The first-order valence-electron chi connectivity index (χ1n) is 3.81. The summed E-state index contributed by atoms with van der Waals surface area (Å²) in [5.41, 5.74) is 0.689. The third kappa shape index (κ3) is 1.91. The summed E-state index contributed by atoms with van der Waals surface area (Å²) in [5, 5.41) is 15.2. The molecule has 72 valence electrons. The maximum Gasteiger partial charge on any atom is 0.357 e. The maximum absolute atomic E-state index is 10.6. The largest absolute Gasteiger partial charge is 0.476 e. The van der Waals surface area contributed by atoms with Crippen LogP contribution in [0.25, 0.3) is 0 Å². The minimum Gasteiger partial charge on any atom is -0.476 e. The zero-order valence-electron chi connectivity index (χ0n) is 7.68. The van der Waals surface area contributed by atoms with Crippen LogP contribution >= 0.6 is 15.9 Å². The number of H-pyrrole nitrogens is 1. The van der Waals surface area contributed by atoms with Crippen molar-refractivity contribution in [1.82, 2.24) is 10.2 Å². The van der Waals surface area contributed by atoms with Crippen LogP contribution in [-0.2, 0) is 5.41 Å². The number of aromatic amines is 1. The summed E-state index contributed by atoms with van der Waals surface area (Å²) >= 11 is 3.21. The fraction of sp³-hybridized carbons (Fsp3) is 0.500. The van der Waals surface area contributed by atoms with Crippen molar-refractivity contribution in [2.24, 2.45) is 0 Å². The van der Waals surface area contributed by atoms with Crippen molar-refractivity contribution in [2.75, 3.05) is 0 Å². The van der Waals surface area contributed by atoms with Crippen LogP contribution in [0.3, 0.4) is 0 Å². The number of carboxylic acids is 1. The molecule has 0 aliphatic rings. The van der Waals surface area contributed by atoms with Gasteiger partial charge in [-0.15, -0.1) is 0 Å². The van der Waals surface area contributed by atoms with Crippen molar-refractivity contribution >= 4 is 21.9 Å². The van der Waals surface area contributed by atoms with Crippen LogP contribution in [0.15, 0.2) is 4.47 Å². The number of halogens is 1. The maximum atomic E-state index is 10.6. The molecule has 0 bridgehead atoms. The quantitative estimate of drug-likeness (QED) is 0.799. The molecule has 0 atom stereocenters. The minimum atomic E-state index is -1.03. The van der Waals surface area contributed by atoms with Crippen LogP contribution in [0.4, 0.5) is 0 Å². The van der Waals surface area contributed by atoms with Gasteiger partial charge in [0.25, 0.3) is 0 Å². The number of aromatic nitrogens is 2. The van der Waals surface area contributed by atoms with Gasteiger partial charge in [0.1, 0.15) is 0 Å². The molecule has 13 heavy (non-hydrogen) atoms. The SMILES string of the molecule is CC(C)(C)c1[nH]nc(C(=O)O)c1Br. The molecule has 2 N–H and O–H groups in total. The summed E-state index contributed by atoms with van der Waals surface area (Å²) in [4.78, 5) is 10.6. The Balaban J connectivity index is 3.22. The Bertz CT molecular complexity index is 338. The molecule has 0 aromatic carbocycles. The average molecular weight is 247 g/mol. The van der Waals surface area contributed by atoms with Gasteiger partial charge < -0.3 is 5.11 Å². The highest BCUT2D eigenvalue weighted by molar-refractivity contribution is 9.10. The summed E-state index contributed by atoms with van der Waals surface area (Å²) in [6.07, 6.45) is 0. The molecule has 0 amide bonds. The van der Waals surface area contributed by atoms with Crippen molar-refractivity contribution in [1.29, 1.82) is 0 Å². The van der Waals surface area contributed by atoms with Gasteiger partial charge in [0, 0.05) is 5.41 Å². The van der Waals surface area contributed by atoms with Crippen LogP contribution in [0.5, 0.6) is 0 Å². The second-order valence-electron chi connectivity index (χ2n) is 3.82. The van der Waals surface area contributed by atoms with E-state index >= 15 is 0 Å². The molecule has 0 spiro atoms. The molecule has 0 aliphatic heterocycles. The summed E-state index contributed by atoms with van der Waals surface area (Å²) in [6, 6.07) is 0. The van der Waals surface area contributed by atoms with Crippen molar-refractivity contribution in [3.63, 3.8) is 0 Å². The van der Waals surface area contributed by atoms with Gasteiger partial charge in [0.05, 0.1) is 10.2 Å². The number of rotatable bonds is 1. The number of hydrogen-bond donors (Lipinski definition) is 2. The normalized spacial score (nSPS) is 11.7. The predicted molar refractivity (Wildman–Crippen MR) is 51.9 cm³/mol. The highest BCUT2D eigenvalue weighted by atomic mass is 79.9. The lowest BCUT2D eigenvalue weighted by Gasteiger charge is -2.16. The zero-order chi connectivity index (χ0) is 10.2. The first-order chi connectivity index (χ1) is 5.84. The van der Waals surface area contributed by atoms with E-state index in [1.165, 1.54) is 0 Å². The fourth-order valence-electron chi connectivity index (χ4n) is 0.967. The van der Waals surface area contributed by atoms with Gasteiger partial charge in [-0.05, 0) is 15.9 Å². The molecule has 1 aromatic rings. The number of hydrogen-bond acceptors (Lipinski definition) is 2. The third-order valence-corrected chi connectivity index (χ3v) is 2.43. The second kappa shape index (κ2) is 3.14. The summed E-state index contributed by atoms with van der Waals surface area (Å²) in [6.45, 7) is 5.95. The summed E-state index contributed by atoms with van der Waals surface area (Å²) in [7, 11) is 0. The molecule has 0 fully saturated rings. The smallest absolute Gasteiger partial charge is 0.357 e. The van der Waals surface area contributed by atoms with Crippen LogP contribution in [0, 0.1) is 0 Å². The van der Waals surface area contributed by atoms with Gasteiger partial charge in [-0.3, -0.25) is 5.10 Å². The number of carbonyl (C=O) groups is 1. The van der Waals surface area contributed by atoms with Gasteiger partial charge in [0.2, 0.25) is 0 Å². The molecule has 1 aromatic heterocycles. The molecule has 0 aliphatic carbocycles. The van der Waals surface area contributed by atoms with Crippen LogP contribution < -0.4 is 0 Å². The zero-order valence-corrected chi connectivity index (χ0v) is 9.27. The van der Waals surface area contributed by atoms with Crippen molar-refractivity contribution < 1.29 is 9.90 Å². The standard InChI is InChI=1S/C8H11BrN2O2/c1-8(2,3)6-4(9)5(7(12)13)10-11-6/h1-3H3,(H,10,11)(H,12,13). The average Bonchev–Trinajstić information content (AvgIpc) is 2.28. The molecule has 0 saturated carbocycles. The van der Waals surface area contributed by atoms with E-state index in [4.69, 9.17) is 5.11 Å². The molecular formula is C8H11BrN2O2. The van der Waals surface area contributed by atoms with E-state index < -0.39 is 5.97 Å². The first-order valence-corrected chi connectivity index (χ1v) is 4.61. The predicted octanol–water partition coefficient (Wildman–Crippen LogP) is 2.17. The molecule has 1 heterocycles. The van der Waals surface area contributed by atoms with Gasteiger partial charge in [-0.1, -0.05) is 20.8 Å². The molecule has 0 saturated heterocycles. The second-order valence-corrected chi connectivity index (χ2v) is 4.61. The lowest BCUT2D eigenvalue weighted by Crippen LogP contribution is -2.12. The molecular weight excluding hydrogens is 236 g/mol.